The number of nitrogens with zero attached hydrogens (tertiary/aromatic N) is 2. The fourth-order valence-corrected chi connectivity index (χ4v) is 2.93. The van der Waals surface area contributed by atoms with Crippen LogP contribution >= 0.6 is 11.8 Å². The Labute approximate surface area is 122 Å². The van der Waals surface area contributed by atoms with Crippen molar-refractivity contribution in [3.63, 3.8) is 0 Å². The van der Waals surface area contributed by atoms with Crippen LogP contribution in [-0.4, -0.2) is 45.2 Å². The highest BCUT2D eigenvalue weighted by molar-refractivity contribution is 7.99. The SMILES string of the molecule is CCOC(=O)C(C)(CC(C)Sc1n[nH]c(=O)n1C)NC. The first-order valence-corrected chi connectivity index (χ1v) is 7.36. The fraction of sp³-hybridized carbons (Fsp3) is 0.750. The maximum absolute atomic E-state index is 12.0. The van der Waals surface area contributed by atoms with Crippen molar-refractivity contribution in [2.24, 2.45) is 7.05 Å². The molecule has 1 heterocycles. The molecule has 0 fully saturated rings. The molecule has 2 unspecified atom stereocenters. The zero-order valence-corrected chi connectivity index (χ0v) is 13.3. The van der Waals surface area contributed by atoms with Gasteiger partial charge in [-0.3, -0.25) is 9.36 Å². The van der Waals surface area contributed by atoms with E-state index in [2.05, 4.69) is 15.5 Å². The molecule has 0 radical (unpaired) electrons. The number of carbonyl (C=O) groups is 1. The van der Waals surface area contributed by atoms with Crippen molar-refractivity contribution >= 4 is 17.7 Å². The predicted octanol–water partition coefficient (Wildman–Crippen LogP) is 0.520. The number of hydrogen-bond donors (Lipinski definition) is 2. The number of esters is 1. The second-order valence-corrected chi connectivity index (χ2v) is 6.21. The molecule has 0 bridgehead atoms. The van der Waals surface area contributed by atoms with Crippen LogP contribution in [-0.2, 0) is 16.6 Å². The van der Waals surface area contributed by atoms with Crippen LogP contribution in [0.5, 0.6) is 0 Å². The minimum absolute atomic E-state index is 0.0887. The summed E-state index contributed by atoms with van der Waals surface area (Å²) in [5.74, 6) is -0.272. The Hall–Kier alpha value is -1.28. The summed E-state index contributed by atoms with van der Waals surface area (Å²) in [6.45, 7) is 5.93. The molecule has 1 rings (SSSR count). The molecule has 0 aliphatic carbocycles. The highest BCUT2D eigenvalue weighted by Crippen LogP contribution is 2.27. The van der Waals surface area contributed by atoms with E-state index in [0.717, 1.165) is 0 Å². The molecule has 7 nitrogen and oxygen atoms in total. The first-order chi connectivity index (χ1) is 9.34. The molecule has 8 heteroatoms. The summed E-state index contributed by atoms with van der Waals surface area (Å²) in [7, 11) is 3.39. The number of carbonyl (C=O) groups excluding carboxylic acids is 1. The molecular weight excluding hydrogens is 280 g/mol. The third-order valence-electron chi connectivity index (χ3n) is 3.12. The summed E-state index contributed by atoms with van der Waals surface area (Å²) >= 11 is 1.44. The van der Waals surface area contributed by atoms with Gasteiger partial charge in [-0.25, -0.2) is 9.89 Å². The third kappa shape index (κ3) is 3.86. The Morgan fingerprint density at radius 3 is 2.75 bits per heavy atom. The lowest BCUT2D eigenvalue weighted by Gasteiger charge is -2.29. The summed E-state index contributed by atoms with van der Waals surface area (Å²) < 4.78 is 6.54. The summed E-state index contributed by atoms with van der Waals surface area (Å²) in [5.41, 5.74) is -1.00. The monoisotopic (exact) mass is 302 g/mol. The smallest absolute Gasteiger partial charge is 0.343 e. The van der Waals surface area contributed by atoms with Crippen LogP contribution in [0.2, 0.25) is 0 Å². The minimum atomic E-state index is -0.752. The van der Waals surface area contributed by atoms with Crippen LogP contribution in [0.4, 0.5) is 0 Å². The van der Waals surface area contributed by atoms with Gasteiger partial charge in [0.05, 0.1) is 6.61 Å². The van der Waals surface area contributed by atoms with Gasteiger partial charge in [-0.1, -0.05) is 18.7 Å². The van der Waals surface area contributed by atoms with E-state index in [0.29, 0.717) is 18.2 Å². The van der Waals surface area contributed by atoms with Crippen LogP contribution in [0, 0.1) is 0 Å². The highest BCUT2D eigenvalue weighted by atomic mass is 32.2. The molecule has 0 saturated carbocycles. The number of thioether (sulfide) groups is 1. The van der Waals surface area contributed by atoms with Gasteiger partial charge >= 0.3 is 11.7 Å². The lowest BCUT2D eigenvalue weighted by Crippen LogP contribution is -2.50. The molecule has 1 aromatic heterocycles. The van der Waals surface area contributed by atoms with Gasteiger partial charge in [-0.05, 0) is 27.3 Å². The number of hydrogen-bond acceptors (Lipinski definition) is 6. The molecule has 20 heavy (non-hydrogen) atoms. The number of rotatable bonds is 7. The Morgan fingerprint density at radius 2 is 2.30 bits per heavy atom. The summed E-state index contributed by atoms with van der Waals surface area (Å²) in [5, 5.41) is 10.0. The number of nitrogens with one attached hydrogen (secondary N) is 2. The summed E-state index contributed by atoms with van der Waals surface area (Å²) in [6.07, 6.45) is 0.564. The Balaban J connectivity index is 2.72. The van der Waals surface area contributed by atoms with Crippen LogP contribution < -0.4 is 11.0 Å². The Bertz CT molecular complexity index is 513. The molecule has 2 N–H and O–H groups in total. The number of aromatic amines is 1. The van der Waals surface area contributed by atoms with Crippen molar-refractivity contribution in [1.29, 1.82) is 0 Å². The molecule has 0 spiro atoms. The second kappa shape index (κ2) is 6.94. The van der Waals surface area contributed by atoms with Gasteiger partial charge < -0.3 is 10.1 Å². The quantitative estimate of drug-likeness (QED) is 0.564. The highest BCUT2D eigenvalue weighted by Gasteiger charge is 2.35. The van der Waals surface area contributed by atoms with Crippen molar-refractivity contribution in [3.05, 3.63) is 10.5 Å². The molecule has 0 aliphatic heterocycles. The minimum Gasteiger partial charge on any atom is -0.465 e. The Kier molecular flexibility index (Phi) is 5.82. The van der Waals surface area contributed by atoms with Crippen LogP contribution in [0.1, 0.15) is 27.2 Å². The van der Waals surface area contributed by atoms with E-state index in [1.807, 2.05) is 13.8 Å². The zero-order valence-electron chi connectivity index (χ0n) is 12.5. The van der Waals surface area contributed by atoms with Gasteiger partial charge in [0, 0.05) is 12.3 Å². The van der Waals surface area contributed by atoms with Crippen molar-refractivity contribution in [2.45, 2.75) is 43.1 Å². The zero-order chi connectivity index (χ0) is 15.3. The third-order valence-corrected chi connectivity index (χ3v) is 4.26. The number of aromatic nitrogens is 3. The topological polar surface area (TPSA) is 89.0 Å². The van der Waals surface area contributed by atoms with Crippen molar-refractivity contribution in [1.82, 2.24) is 20.1 Å². The fourth-order valence-electron chi connectivity index (χ4n) is 1.81. The van der Waals surface area contributed by atoms with E-state index >= 15 is 0 Å². The largest absolute Gasteiger partial charge is 0.465 e. The average molecular weight is 302 g/mol. The van der Waals surface area contributed by atoms with Crippen LogP contribution in [0.15, 0.2) is 9.95 Å². The molecule has 114 valence electrons. The van der Waals surface area contributed by atoms with Crippen molar-refractivity contribution in [2.75, 3.05) is 13.7 Å². The maximum atomic E-state index is 12.0. The first-order valence-electron chi connectivity index (χ1n) is 6.48. The molecule has 2 atom stereocenters. The van der Waals surface area contributed by atoms with E-state index in [-0.39, 0.29) is 16.9 Å². The van der Waals surface area contributed by atoms with E-state index in [9.17, 15) is 9.59 Å². The average Bonchev–Trinajstić information content (AvgIpc) is 2.70. The molecule has 0 aromatic carbocycles. The molecule has 1 aromatic rings. The lowest BCUT2D eigenvalue weighted by atomic mass is 9.96. The normalized spacial score (nSPS) is 15.7. The predicted molar refractivity (Wildman–Crippen MR) is 77.9 cm³/mol. The van der Waals surface area contributed by atoms with Gasteiger partial charge in [0.25, 0.3) is 0 Å². The Morgan fingerprint density at radius 1 is 1.65 bits per heavy atom. The van der Waals surface area contributed by atoms with E-state index in [1.54, 1.807) is 21.0 Å². The number of H-pyrrole nitrogens is 1. The second-order valence-electron chi connectivity index (χ2n) is 4.81. The molecular formula is C12H22N4O3S. The van der Waals surface area contributed by atoms with E-state index in [1.165, 1.54) is 16.3 Å². The van der Waals surface area contributed by atoms with Gasteiger partial charge in [-0.2, -0.15) is 0 Å². The van der Waals surface area contributed by atoms with Crippen molar-refractivity contribution < 1.29 is 9.53 Å². The summed E-state index contributed by atoms with van der Waals surface area (Å²) in [6, 6.07) is 0. The van der Waals surface area contributed by atoms with E-state index in [4.69, 9.17) is 4.74 Å². The van der Waals surface area contributed by atoms with Gasteiger partial charge in [0.15, 0.2) is 5.16 Å². The standard InChI is InChI=1S/C12H22N4O3S/c1-6-19-9(17)12(3,13-4)7-8(2)20-11-15-14-10(18)16(11)5/h8,13H,6-7H2,1-5H3,(H,14,18). The van der Waals surface area contributed by atoms with E-state index < -0.39 is 5.54 Å². The lowest BCUT2D eigenvalue weighted by molar-refractivity contribution is -0.150. The molecule has 0 amide bonds. The summed E-state index contributed by atoms with van der Waals surface area (Å²) in [4.78, 5) is 23.3. The maximum Gasteiger partial charge on any atom is 0.343 e. The van der Waals surface area contributed by atoms with Gasteiger partial charge in [-0.15, -0.1) is 5.10 Å². The number of likely N-dealkylation sites (N-methyl/N-ethyl adjacent to an activating group) is 1. The number of ether oxygens (including phenoxy) is 1. The molecule has 0 aliphatic rings. The van der Waals surface area contributed by atoms with Crippen LogP contribution in [0.25, 0.3) is 0 Å². The van der Waals surface area contributed by atoms with Crippen LogP contribution in [0.3, 0.4) is 0 Å². The van der Waals surface area contributed by atoms with Gasteiger partial charge in [0.1, 0.15) is 5.54 Å². The molecule has 0 saturated heterocycles. The first kappa shape index (κ1) is 16.8. The van der Waals surface area contributed by atoms with Gasteiger partial charge in [0.2, 0.25) is 0 Å². The van der Waals surface area contributed by atoms with Crippen molar-refractivity contribution in [3.8, 4) is 0 Å².